The first-order chi connectivity index (χ1) is 26.7. The number of ketones is 1. The van der Waals surface area contributed by atoms with Gasteiger partial charge in [0.15, 0.2) is 11.6 Å². The number of anilines is 2. The average Bonchev–Trinajstić information content (AvgIpc) is 3.61. The van der Waals surface area contributed by atoms with E-state index in [1.807, 2.05) is 97.1 Å². The molecule has 0 radical (unpaired) electrons. The molecule has 0 unspecified atom stereocenters. The highest BCUT2D eigenvalue weighted by Gasteiger charge is 2.15. The van der Waals surface area contributed by atoms with Crippen molar-refractivity contribution in [2.45, 2.75) is 13.5 Å². The summed E-state index contributed by atoms with van der Waals surface area (Å²) in [5.41, 5.74) is 2.93. The SMILES string of the molecule is CC(=O)Cn1ccc(Nc2cc(Cl)c(C#N)c(-c3ccc(Oc4ccccc4)cc3)n2)n1.N#Cc1c(Cl)cc(Cl)nc1-c1ccc(Oc2ccccc2)cc1. The van der Waals surface area contributed by atoms with Gasteiger partial charge in [-0.3, -0.25) is 9.48 Å². The Kier molecular flexibility index (Phi) is 12.4. The van der Waals surface area contributed by atoms with Crippen molar-refractivity contribution < 1.29 is 14.3 Å². The van der Waals surface area contributed by atoms with Gasteiger partial charge in [-0.15, -0.1) is 0 Å². The number of para-hydroxylation sites is 2. The largest absolute Gasteiger partial charge is 0.457 e. The van der Waals surface area contributed by atoms with E-state index in [1.54, 1.807) is 30.5 Å². The monoisotopic (exact) mass is 783 g/mol. The summed E-state index contributed by atoms with van der Waals surface area (Å²) < 4.78 is 13.1. The van der Waals surface area contributed by atoms with Crippen LogP contribution in [0.4, 0.5) is 11.6 Å². The van der Waals surface area contributed by atoms with Gasteiger partial charge in [0.25, 0.3) is 0 Å². The summed E-state index contributed by atoms with van der Waals surface area (Å²) in [4.78, 5) is 20.1. The summed E-state index contributed by atoms with van der Waals surface area (Å²) in [5.74, 6) is 3.78. The maximum atomic E-state index is 11.3. The lowest BCUT2D eigenvalue weighted by atomic mass is 10.1. The van der Waals surface area contributed by atoms with E-state index in [2.05, 4.69) is 32.5 Å². The minimum atomic E-state index is 0.00108. The van der Waals surface area contributed by atoms with Crippen LogP contribution in [0.1, 0.15) is 18.1 Å². The van der Waals surface area contributed by atoms with Gasteiger partial charge in [0.05, 0.1) is 39.1 Å². The van der Waals surface area contributed by atoms with Crippen molar-refractivity contribution in [2.75, 3.05) is 5.32 Å². The van der Waals surface area contributed by atoms with Crippen molar-refractivity contribution in [1.29, 1.82) is 10.5 Å². The van der Waals surface area contributed by atoms with Crippen molar-refractivity contribution in [1.82, 2.24) is 19.7 Å². The van der Waals surface area contributed by atoms with Gasteiger partial charge in [-0.1, -0.05) is 71.2 Å². The fourth-order valence-electron chi connectivity index (χ4n) is 5.18. The van der Waals surface area contributed by atoms with Crippen molar-refractivity contribution in [3.63, 3.8) is 0 Å². The fourth-order valence-corrected chi connectivity index (χ4v) is 5.90. The van der Waals surface area contributed by atoms with Crippen LogP contribution >= 0.6 is 34.8 Å². The number of rotatable bonds is 10. The Bertz CT molecular complexity index is 2520. The summed E-state index contributed by atoms with van der Waals surface area (Å²) in [6.07, 6.45) is 1.70. The van der Waals surface area contributed by atoms with E-state index in [0.717, 1.165) is 22.6 Å². The zero-order valence-corrected chi connectivity index (χ0v) is 31.2. The number of aromatic nitrogens is 4. The summed E-state index contributed by atoms with van der Waals surface area (Å²) in [7, 11) is 0. The molecule has 4 aromatic carbocycles. The number of carbonyl (C=O) groups excluding carboxylic acids is 1. The third-order valence-electron chi connectivity index (χ3n) is 7.63. The average molecular weight is 785 g/mol. The van der Waals surface area contributed by atoms with E-state index < -0.39 is 0 Å². The second-order valence-corrected chi connectivity index (χ2v) is 12.9. The Morgan fingerprint density at radius 1 is 0.655 bits per heavy atom. The third-order valence-corrected chi connectivity index (χ3v) is 8.42. The third kappa shape index (κ3) is 10.0. The van der Waals surface area contributed by atoms with Crippen LogP contribution < -0.4 is 14.8 Å². The van der Waals surface area contributed by atoms with Crippen LogP contribution in [0.2, 0.25) is 15.2 Å². The molecule has 55 heavy (non-hydrogen) atoms. The molecule has 0 bridgehead atoms. The van der Waals surface area contributed by atoms with Crippen LogP contribution in [0, 0.1) is 22.7 Å². The molecule has 0 amide bonds. The van der Waals surface area contributed by atoms with Crippen LogP contribution in [-0.4, -0.2) is 25.5 Å². The first-order valence-electron chi connectivity index (χ1n) is 16.5. The Balaban J connectivity index is 0.000000197. The Morgan fingerprint density at radius 2 is 1.13 bits per heavy atom. The maximum absolute atomic E-state index is 11.3. The topological polar surface area (TPSA) is 139 Å². The minimum Gasteiger partial charge on any atom is -0.457 e. The maximum Gasteiger partial charge on any atom is 0.153 e. The molecule has 3 aromatic heterocycles. The van der Waals surface area contributed by atoms with Crippen LogP contribution in [0.3, 0.4) is 0 Å². The molecule has 13 heteroatoms. The van der Waals surface area contributed by atoms with Crippen molar-refractivity contribution >= 4 is 52.2 Å². The molecule has 0 aliphatic heterocycles. The van der Waals surface area contributed by atoms with E-state index in [1.165, 1.54) is 17.7 Å². The quantitative estimate of drug-likeness (QED) is 0.134. The van der Waals surface area contributed by atoms with E-state index >= 15 is 0 Å². The van der Waals surface area contributed by atoms with Crippen molar-refractivity contribution in [3.8, 4) is 57.7 Å². The molecule has 270 valence electrons. The zero-order valence-electron chi connectivity index (χ0n) is 29.0. The standard InChI is InChI=1S/C24H18ClN5O2.C18H10Cl2N2O/c1-16(31)15-30-12-11-22(29-30)27-23-13-21(25)20(14-26)24(28-23)17-7-9-19(10-8-17)32-18-5-3-2-4-6-18;19-16-10-17(20)22-18(15(16)11-21)12-6-8-14(9-7-12)23-13-4-2-1-3-5-13/h2-13H,15H2,1H3,(H,27,28,29);1-10H. The number of nitriles is 2. The molecule has 0 aliphatic rings. The van der Waals surface area contributed by atoms with Crippen LogP contribution in [0.15, 0.2) is 134 Å². The predicted octanol–water partition coefficient (Wildman–Crippen LogP) is 11.3. The molecular formula is C42H28Cl3N7O3. The molecule has 3 heterocycles. The lowest BCUT2D eigenvalue weighted by Crippen LogP contribution is -2.07. The molecule has 0 fully saturated rings. The molecule has 7 aromatic rings. The second-order valence-electron chi connectivity index (χ2n) is 11.7. The molecule has 7 rings (SSSR count). The van der Waals surface area contributed by atoms with Crippen molar-refractivity contribution in [3.05, 3.63) is 160 Å². The normalized spacial score (nSPS) is 10.3. The number of nitrogens with one attached hydrogen (secondary N) is 1. The number of hydrogen-bond donors (Lipinski definition) is 1. The van der Waals surface area contributed by atoms with E-state index in [0.29, 0.717) is 40.1 Å². The Morgan fingerprint density at radius 3 is 1.62 bits per heavy atom. The van der Waals surface area contributed by atoms with Gasteiger partial charge in [-0.05, 0) is 85.8 Å². The number of ether oxygens (including phenoxy) is 2. The van der Waals surface area contributed by atoms with Crippen LogP contribution in [-0.2, 0) is 11.3 Å². The molecule has 0 atom stereocenters. The smallest absolute Gasteiger partial charge is 0.153 e. The molecule has 0 saturated heterocycles. The highest BCUT2D eigenvalue weighted by atomic mass is 35.5. The molecule has 10 nitrogen and oxygen atoms in total. The summed E-state index contributed by atoms with van der Waals surface area (Å²) in [5, 5.41) is 27.0. The van der Waals surface area contributed by atoms with Gasteiger partial charge in [-0.2, -0.15) is 15.6 Å². The van der Waals surface area contributed by atoms with Gasteiger partial charge in [0, 0.05) is 29.5 Å². The molecular weight excluding hydrogens is 757 g/mol. The number of nitrogens with zero attached hydrogens (tertiary/aromatic N) is 6. The van der Waals surface area contributed by atoms with Gasteiger partial charge in [-0.25, -0.2) is 9.97 Å². The van der Waals surface area contributed by atoms with E-state index in [-0.39, 0.29) is 33.1 Å². The molecule has 1 N–H and O–H groups in total. The fraction of sp³-hybridized carbons (Fsp3) is 0.0476. The number of halogens is 3. The lowest BCUT2D eigenvalue weighted by Gasteiger charge is -2.11. The molecule has 0 spiro atoms. The summed E-state index contributed by atoms with van der Waals surface area (Å²) in [6, 6.07) is 42.4. The first-order valence-corrected chi connectivity index (χ1v) is 17.7. The first kappa shape index (κ1) is 38.0. The second kappa shape index (κ2) is 17.9. The van der Waals surface area contributed by atoms with Gasteiger partial charge < -0.3 is 14.8 Å². The Hall–Kier alpha value is -6.69. The number of Topliss-reactive ketones (excluding diaryl/α,β-unsaturated/α-hetero) is 1. The van der Waals surface area contributed by atoms with Crippen molar-refractivity contribution in [2.24, 2.45) is 0 Å². The molecule has 0 saturated carbocycles. The number of benzene rings is 4. The highest BCUT2D eigenvalue weighted by Crippen LogP contribution is 2.33. The van der Waals surface area contributed by atoms with Crippen LogP contribution in [0.25, 0.3) is 22.5 Å². The van der Waals surface area contributed by atoms with Gasteiger partial charge >= 0.3 is 0 Å². The highest BCUT2D eigenvalue weighted by molar-refractivity contribution is 6.35. The zero-order chi connectivity index (χ0) is 38.7. The van der Waals surface area contributed by atoms with E-state index in [4.69, 9.17) is 44.3 Å². The number of hydrogen-bond acceptors (Lipinski definition) is 9. The Labute approximate surface area is 331 Å². The van der Waals surface area contributed by atoms with Gasteiger partial charge in [0.1, 0.15) is 46.1 Å². The lowest BCUT2D eigenvalue weighted by molar-refractivity contribution is -0.117. The summed E-state index contributed by atoms with van der Waals surface area (Å²) in [6.45, 7) is 1.69. The summed E-state index contributed by atoms with van der Waals surface area (Å²) >= 11 is 18.4. The van der Waals surface area contributed by atoms with E-state index in [9.17, 15) is 15.3 Å². The van der Waals surface area contributed by atoms with Crippen LogP contribution in [0.5, 0.6) is 23.0 Å². The predicted molar refractivity (Wildman–Crippen MR) is 213 cm³/mol. The number of pyridine rings is 2. The minimum absolute atomic E-state index is 0.00108. The van der Waals surface area contributed by atoms with Gasteiger partial charge in [0.2, 0.25) is 0 Å². The number of carbonyl (C=O) groups is 1. The molecule has 0 aliphatic carbocycles.